The van der Waals surface area contributed by atoms with Crippen molar-refractivity contribution in [2.45, 2.75) is 39.4 Å². The van der Waals surface area contributed by atoms with Gasteiger partial charge in [0.25, 0.3) is 0 Å². The van der Waals surface area contributed by atoms with Crippen LogP contribution in [0.2, 0.25) is 0 Å². The van der Waals surface area contributed by atoms with Crippen LogP contribution in [0.5, 0.6) is 5.75 Å². The summed E-state index contributed by atoms with van der Waals surface area (Å²) in [4.78, 5) is 0. The fraction of sp³-hybridized carbons (Fsp3) is 0.500. The predicted octanol–water partition coefficient (Wildman–Crippen LogP) is 2.67. The Balaban J connectivity index is 2.68. The molecule has 0 radical (unpaired) electrons. The van der Waals surface area contributed by atoms with E-state index in [1.807, 2.05) is 6.92 Å². The molecule has 0 aromatic heterocycles. The zero-order chi connectivity index (χ0) is 11.4. The Morgan fingerprint density at radius 2 is 2.07 bits per heavy atom. The molecule has 3 heteroatoms. The Kier molecular flexibility index (Phi) is 4.09. The second-order valence-corrected chi connectivity index (χ2v) is 3.90. The molecule has 84 valence electrons. The van der Waals surface area contributed by atoms with E-state index >= 15 is 0 Å². The molecule has 1 aromatic carbocycles. The van der Waals surface area contributed by atoms with E-state index < -0.39 is 6.10 Å². The molecule has 0 aliphatic carbocycles. The number of benzene rings is 1. The third-order valence-corrected chi connectivity index (χ3v) is 2.16. The van der Waals surface area contributed by atoms with Crippen molar-refractivity contribution < 1.29 is 14.2 Å². The lowest BCUT2D eigenvalue weighted by Gasteiger charge is -2.16. The molecule has 0 fully saturated rings. The van der Waals surface area contributed by atoms with Crippen LogP contribution in [0.1, 0.15) is 25.8 Å². The monoisotopic (exact) mass is 212 g/mol. The summed E-state index contributed by atoms with van der Waals surface area (Å²) < 4.78 is 18.9. The summed E-state index contributed by atoms with van der Waals surface area (Å²) in [6.45, 7) is 5.20. The lowest BCUT2D eigenvalue weighted by atomic mass is 10.2. The van der Waals surface area contributed by atoms with Gasteiger partial charge in [-0.2, -0.15) is 0 Å². The highest BCUT2D eigenvalue weighted by Gasteiger charge is 2.11. The van der Waals surface area contributed by atoms with Gasteiger partial charge >= 0.3 is 0 Å². The van der Waals surface area contributed by atoms with E-state index in [4.69, 9.17) is 9.84 Å². The summed E-state index contributed by atoms with van der Waals surface area (Å²) >= 11 is 0. The smallest absolute Gasteiger partial charge is 0.167 e. The number of rotatable bonds is 4. The molecular weight excluding hydrogens is 195 g/mol. The number of halogens is 1. The van der Waals surface area contributed by atoms with Crippen LogP contribution in [0, 0.1) is 12.7 Å². The topological polar surface area (TPSA) is 29.5 Å². The highest BCUT2D eigenvalue weighted by Crippen LogP contribution is 2.21. The highest BCUT2D eigenvalue weighted by molar-refractivity contribution is 5.30. The second-order valence-electron chi connectivity index (χ2n) is 3.90. The van der Waals surface area contributed by atoms with Crippen LogP contribution in [0.25, 0.3) is 0 Å². The summed E-state index contributed by atoms with van der Waals surface area (Å²) in [5.41, 5.74) is 0.566. The minimum Gasteiger partial charge on any atom is -0.488 e. The van der Waals surface area contributed by atoms with Crippen LogP contribution < -0.4 is 4.74 Å². The second kappa shape index (κ2) is 5.12. The molecular formula is C12H17FO2. The third-order valence-electron chi connectivity index (χ3n) is 2.16. The normalized spacial score (nSPS) is 14.7. The van der Waals surface area contributed by atoms with Crippen molar-refractivity contribution in [3.8, 4) is 5.75 Å². The van der Waals surface area contributed by atoms with Gasteiger partial charge in [-0.25, -0.2) is 4.39 Å². The van der Waals surface area contributed by atoms with E-state index in [9.17, 15) is 4.39 Å². The van der Waals surface area contributed by atoms with E-state index in [0.29, 0.717) is 12.0 Å². The molecule has 0 bridgehead atoms. The van der Waals surface area contributed by atoms with Gasteiger partial charge < -0.3 is 9.84 Å². The van der Waals surface area contributed by atoms with Crippen LogP contribution >= 0.6 is 0 Å². The SMILES string of the molecule is Cc1cccc(OC(C)CC(C)O)c1F. The fourth-order valence-electron chi connectivity index (χ4n) is 1.46. The molecule has 0 amide bonds. The van der Waals surface area contributed by atoms with Gasteiger partial charge in [0.15, 0.2) is 11.6 Å². The molecule has 2 atom stereocenters. The van der Waals surface area contributed by atoms with Crippen LogP contribution in [0.4, 0.5) is 4.39 Å². The Hall–Kier alpha value is -1.09. The van der Waals surface area contributed by atoms with Gasteiger partial charge in [0, 0.05) is 6.42 Å². The van der Waals surface area contributed by atoms with Gasteiger partial charge in [0.05, 0.1) is 12.2 Å². The van der Waals surface area contributed by atoms with Gasteiger partial charge in [-0.1, -0.05) is 12.1 Å². The summed E-state index contributed by atoms with van der Waals surface area (Å²) in [5, 5.41) is 9.15. The molecule has 0 saturated heterocycles. The molecule has 1 N–H and O–H groups in total. The first-order valence-corrected chi connectivity index (χ1v) is 5.10. The molecule has 15 heavy (non-hydrogen) atoms. The summed E-state index contributed by atoms with van der Waals surface area (Å²) in [5.74, 6) is -0.0712. The van der Waals surface area contributed by atoms with Crippen LogP contribution in [0.15, 0.2) is 18.2 Å². The lowest BCUT2D eigenvalue weighted by Crippen LogP contribution is -2.18. The Morgan fingerprint density at radius 1 is 1.40 bits per heavy atom. The molecule has 0 spiro atoms. The third kappa shape index (κ3) is 3.51. The minimum absolute atomic E-state index is 0.193. The largest absolute Gasteiger partial charge is 0.488 e. The van der Waals surface area contributed by atoms with Crippen molar-refractivity contribution in [3.05, 3.63) is 29.6 Å². The van der Waals surface area contributed by atoms with E-state index in [-0.39, 0.29) is 17.7 Å². The first-order chi connectivity index (χ1) is 7.00. The van der Waals surface area contributed by atoms with Crippen molar-refractivity contribution in [3.63, 3.8) is 0 Å². The molecule has 1 aromatic rings. The minimum atomic E-state index is -0.437. The molecule has 0 aliphatic rings. The number of hydrogen-bond donors (Lipinski definition) is 1. The number of aliphatic hydroxyl groups is 1. The van der Waals surface area contributed by atoms with Crippen molar-refractivity contribution in [1.82, 2.24) is 0 Å². The van der Waals surface area contributed by atoms with Crippen molar-refractivity contribution in [2.75, 3.05) is 0 Å². The Morgan fingerprint density at radius 3 is 2.67 bits per heavy atom. The zero-order valence-corrected chi connectivity index (χ0v) is 9.33. The Bertz CT molecular complexity index is 323. The highest BCUT2D eigenvalue weighted by atomic mass is 19.1. The molecule has 0 aliphatic heterocycles. The molecule has 0 heterocycles. The van der Waals surface area contributed by atoms with Gasteiger partial charge in [0.1, 0.15) is 0 Å². The molecule has 1 rings (SSSR count). The number of aryl methyl sites for hydroxylation is 1. The fourth-order valence-corrected chi connectivity index (χ4v) is 1.46. The maximum atomic E-state index is 13.5. The van der Waals surface area contributed by atoms with Crippen LogP contribution in [-0.2, 0) is 0 Å². The van der Waals surface area contributed by atoms with E-state index in [0.717, 1.165) is 0 Å². The summed E-state index contributed by atoms with van der Waals surface area (Å²) in [7, 11) is 0. The maximum absolute atomic E-state index is 13.5. The molecule has 0 saturated carbocycles. The van der Waals surface area contributed by atoms with Gasteiger partial charge in [-0.3, -0.25) is 0 Å². The number of aliphatic hydroxyl groups excluding tert-OH is 1. The number of hydrogen-bond acceptors (Lipinski definition) is 2. The first kappa shape index (κ1) is 12.0. The van der Waals surface area contributed by atoms with Crippen LogP contribution in [0.3, 0.4) is 0 Å². The Labute approximate surface area is 89.7 Å². The van der Waals surface area contributed by atoms with Crippen LogP contribution in [-0.4, -0.2) is 17.3 Å². The van der Waals surface area contributed by atoms with Gasteiger partial charge in [-0.15, -0.1) is 0 Å². The van der Waals surface area contributed by atoms with E-state index in [1.165, 1.54) is 0 Å². The van der Waals surface area contributed by atoms with E-state index in [2.05, 4.69) is 0 Å². The average molecular weight is 212 g/mol. The average Bonchev–Trinajstić information content (AvgIpc) is 2.11. The summed E-state index contributed by atoms with van der Waals surface area (Å²) in [6.07, 6.45) is -0.137. The quantitative estimate of drug-likeness (QED) is 0.831. The van der Waals surface area contributed by atoms with Crippen molar-refractivity contribution in [2.24, 2.45) is 0 Å². The van der Waals surface area contributed by atoms with E-state index in [1.54, 1.807) is 32.0 Å². The maximum Gasteiger partial charge on any atom is 0.167 e. The zero-order valence-electron chi connectivity index (χ0n) is 9.33. The predicted molar refractivity (Wildman–Crippen MR) is 57.5 cm³/mol. The standard InChI is InChI=1S/C12H17FO2/c1-8-5-4-6-11(12(8)13)15-10(3)7-9(2)14/h4-6,9-10,14H,7H2,1-3H3. The van der Waals surface area contributed by atoms with Gasteiger partial charge in [0.2, 0.25) is 0 Å². The number of ether oxygens (including phenoxy) is 1. The lowest BCUT2D eigenvalue weighted by molar-refractivity contribution is 0.112. The first-order valence-electron chi connectivity index (χ1n) is 5.10. The molecule has 2 nitrogen and oxygen atoms in total. The van der Waals surface area contributed by atoms with Crippen molar-refractivity contribution >= 4 is 0 Å². The van der Waals surface area contributed by atoms with Crippen molar-refractivity contribution in [1.29, 1.82) is 0 Å². The summed E-state index contributed by atoms with van der Waals surface area (Å²) in [6, 6.07) is 5.05. The van der Waals surface area contributed by atoms with Gasteiger partial charge in [-0.05, 0) is 32.4 Å². The molecule has 2 unspecified atom stereocenters.